The van der Waals surface area contributed by atoms with Crippen LogP contribution >= 0.6 is 0 Å². The Bertz CT molecular complexity index is 1250. The highest BCUT2D eigenvalue weighted by Gasteiger charge is 2.10. The lowest BCUT2D eigenvalue weighted by molar-refractivity contribution is -0.384. The van der Waals surface area contributed by atoms with Gasteiger partial charge < -0.3 is 10.1 Å². The Balaban J connectivity index is 1.63. The van der Waals surface area contributed by atoms with Crippen molar-refractivity contribution in [1.29, 1.82) is 0 Å². The van der Waals surface area contributed by atoms with Gasteiger partial charge in [0, 0.05) is 51.9 Å². The summed E-state index contributed by atoms with van der Waals surface area (Å²) in [4.78, 5) is 36.9. The van der Waals surface area contributed by atoms with Crippen LogP contribution in [0.5, 0.6) is 5.75 Å². The standard InChI is InChI=1S/C25H31N5O5/c1-27-23(17-24(31)28(2)25(27)32)26-14-16-29(18-20-8-12-22(35-3)13-9-20)15-4-5-19-6-10-21(11-7-19)30(33)34/h6-13,17,26H,4-5,14-16,18H2,1-3H3. The fourth-order valence-corrected chi connectivity index (χ4v) is 3.79. The monoisotopic (exact) mass is 481 g/mol. The summed E-state index contributed by atoms with van der Waals surface area (Å²) in [5, 5.41) is 14.1. The number of aryl methyl sites for hydroxylation is 1. The molecule has 3 aromatic rings. The molecule has 0 saturated heterocycles. The van der Waals surface area contributed by atoms with E-state index >= 15 is 0 Å². The highest BCUT2D eigenvalue weighted by atomic mass is 16.6. The van der Waals surface area contributed by atoms with Crippen molar-refractivity contribution >= 4 is 11.5 Å². The fourth-order valence-electron chi connectivity index (χ4n) is 3.79. The second kappa shape index (κ2) is 12.0. The summed E-state index contributed by atoms with van der Waals surface area (Å²) in [6.07, 6.45) is 1.67. The van der Waals surface area contributed by atoms with Gasteiger partial charge in [-0.15, -0.1) is 0 Å². The molecule has 10 heteroatoms. The van der Waals surface area contributed by atoms with Gasteiger partial charge in [-0.25, -0.2) is 4.79 Å². The number of hydrogen-bond acceptors (Lipinski definition) is 7. The molecule has 0 fully saturated rings. The smallest absolute Gasteiger partial charge is 0.332 e. The number of methoxy groups -OCH3 is 1. The fraction of sp³-hybridized carbons (Fsp3) is 0.360. The van der Waals surface area contributed by atoms with Crippen LogP contribution in [0.2, 0.25) is 0 Å². The Morgan fingerprint density at radius 1 is 0.971 bits per heavy atom. The van der Waals surface area contributed by atoms with Gasteiger partial charge in [-0.3, -0.25) is 28.9 Å². The average Bonchev–Trinajstić information content (AvgIpc) is 2.86. The van der Waals surface area contributed by atoms with E-state index < -0.39 is 4.92 Å². The molecule has 0 saturated carbocycles. The Kier molecular flexibility index (Phi) is 8.80. The summed E-state index contributed by atoms with van der Waals surface area (Å²) in [5.74, 6) is 1.28. The predicted octanol–water partition coefficient (Wildman–Crippen LogP) is 2.55. The molecule has 10 nitrogen and oxygen atoms in total. The minimum Gasteiger partial charge on any atom is -0.497 e. The number of hydrogen-bond donors (Lipinski definition) is 1. The molecule has 0 amide bonds. The second-order valence-corrected chi connectivity index (χ2v) is 8.35. The molecular weight excluding hydrogens is 450 g/mol. The number of nitrogens with zero attached hydrogens (tertiary/aromatic N) is 4. The number of nitrogens with one attached hydrogen (secondary N) is 1. The van der Waals surface area contributed by atoms with Gasteiger partial charge in [0.25, 0.3) is 11.2 Å². The summed E-state index contributed by atoms with van der Waals surface area (Å²) in [6.45, 7) is 2.77. The molecule has 2 aromatic carbocycles. The molecule has 1 aromatic heterocycles. The first-order chi connectivity index (χ1) is 16.8. The van der Waals surface area contributed by atoms with Crippen molar-refractivity contribution in [1.82, 2.24) is 14.0 Å². The average molecular weight is 482 g/mol. The van der Waals surface area contributed by atoms with Gasteiger partial charge >= 0.3 is 5.69 Å². The number of anilines is 1. The van der Waals surface area contributed by atoms with Gasteiger partial charge in [0.1, 0.15) is 11.6 Å². The zero-order valence-corrected chi connectivity index (χ0v) is 20.3. The maximum absolute atomic E-state index is 12.2. The summed E-state index contributed by atoms with van der Waals surface area (Å²) < 4.78 is 7.73. The quantitative estimate of drug-likeness (QED) is 0.313. The molecule has 35 heavy (non-hydrogen) atoms. The normalized spacial score (nSPS) is 11.0. The first kappa shape index (κ1) is 25.7. The molecule has 0 spiro atoms. The largest absolute Gasteiger partial charge is 0.497 e. The Morgan fingerprint density at radius 3 is 2.26 bits per heavy atom. The van der Waals surface area contributed by atoms with Crippen molar-refractivity contribution in [3.05, 3.63) is 96.7 Å². The Morgan fingerprint density at radius 2 is 1.63 bits per heavy atom. The van der Waals surface area contributed by atoms with Crippen LogP contribution in [-0.2, 0) is 27.1 Å². The number of aromatic nitrogens is 2. The first-order valence-corrected chi connectivity index (χ1v) is 11.4. The van der Waals surface area contributed by atoms with Crippen molar-refractivity contribution in [2.24, 2.45) is 14.1 Å². The Hall–Kier alpha value is -3.92. The van der Waals surface area contributed by atoms with E-state index in [2.05, 4.69) is 10.2 Å². The van der Waals surface area contributed by atoms with Crippen LogP contribution in [0.3, 0.4) is 0 Å². The molecule has 0 aliphatic carbocycles. The van der Waals surface area contributed by atoms with Crippen LogP contribution in [0.25, 0.3) is 0 Å². The molecule has 3 rings (SSSR count). The number of nitro benzene ring substituents is 1. The van der Waals surface area contributed by atoms with Gasteiger partial charge in [-0.1, -0.05) is 24.3 Å². The lowest BCUT2D eigenvalue weighted by atomic mass is 10.1. The van der Waals surface area contributed by atoms with Crippen molar-refractivity contribution in [2.75, 3.05) is 32.1 Å². The number of benzene rings is 2. The van der Waals surface area contributed by atoms with Crippen molar-refractivity contribution < 1.29 is 9.66 Å². The maximum atomic E-state index is 12.2. The first-order valence-electron chi connectivity index (χ1n) is 11.4. The molecule has 0 aliphatic heterocycles. The lowest BCUT2D eigenvalue weighted by Gasteiger charge is -2.23. The van der Waals surface area contributed by atoms with Gasteiger partial charge in [0.2, 0.25) is 0 Å². The van der Waals surface area contributed by atoms with Gasteiger partial charge in [0.05, 0.1) is 12.0 Å². The third kappa shape index (κ3) is 7.03. The molecule has 1 heterocycles. The zero-order chi connectivity index (χ0) is 25.4. The number of rotatable bonds is 12. The molecule has 0 bridgehead atoms. The maximum Gasteiger partial charge on any atom is 0.332 e. The van der Waals surface area contributed by atoms with E-state index in [0.29, 0.717) is 18.9 Å². The second-order valence-electron chi connectivity index (χ2n) is 8.35. The van der Waals surface area contributed by atoms with Crippen molar-refractivity contribution in [3.63, 3.8) is 0 Å². The van der Waals surface area contributed by atoms with E-state index in [9.17, 15) is 19.7 Å². The minimum atomic E-state index is -0.397. The number of non-ortho nitro benzene ring substituents is 1. The van der Waals surface area contributed by atoms with Gasteiger partial charge in [0.15, 0.2) is 0 Å². The molecule has 0 atom stereocenters. The van der Waals surface area contributed by atoms with Crippen LogP contribution < -0.4 is 21.3 Å². The van der Waals surface area contributed by atoms with Crippen LogP contribution in [-0.4, -0.2) is 45.7 Å². The molecule has 0 unspecified atom stereocenters. The van der Waals surface area contributed by atoms with Crippen LogP contribution in [0.4, 0.5) is 11.5 Å². The third-order valence-corrected chi connectivity index (χ3v) is 5.91. The highest BCUT2D eigenvalue weighted by Crippen LogP contribution is 2.15. The van der Waals surface area contributed by atoms with E-state index in [1.54, 1.807) is 26.3 Å². The highest BCUT2D eigenvalue weighted by molar-refractivity contribution is 5.34. The predicted molar refractivity (Wildman–Crippen MR) is 135 cm³/mol. The molecular formula is C25H31N5O5. The molecule has 0 radical (unpaired) electrons. The molecule has 1 N–H and O–H groups in total. The summed E-state index contributed by atoms with van der Waals surface area (Å²) in [5.41, 5.74) is 1.55. The van der Waals surface area contributed by atoms with E-state index in [0.717, 1.165) is 47.4 Å². The zero-order valence-electron chi connectivity index (χ0n) is 20.3. The van der Waals surface area contributed by atoms with Crippen LogP contribution in [0.1, 0.15) is 17.5 Å². The van der Waals surface area contributed by atoms with E-state index in [1.165, 1.54) is 29.8 Å². The topological polar surface area (TPSA) is 112 Å². The molecule has 186 valence electrons. The van der Waals surface area contributed by atoms with Gasteiger partial charge in [-0.05, 0) is 42.6 Å². The van der Waals surface area contributed by atoms with E-state index in [4.69, 9.17) is 4.74 Å². The lowest BCUT2D eigenvalue weighted by Crippen LogP contribution is -2.38. The third-order valence-electron chi connectivity index (χ3n) is 5.91. The summed E-state index contributed by atoms with van der Waals surface area (Å²) >= 11 is 0. The summed E-state index contributed by atoms with van der Waals surface area (Å²) in [7, 11) is 4.72. The van der Waals surface area contributed by atoms with Crippen molar-refractivity contribution in [3.8, 4) is 5.75 Å². The number of nitro groups is 1. The summed E-state index contributed by atoms with van der Waals surface area (Å²) in [6, 6.07) is 16.0. The Labute approximate surface area is 203 Å². The van der Waals surface area contributed by atoms with Gasteiger partial charge in [-0.2, -0.15) is 0 Å². The SMILES string of the molecule is COc1ccc(CN(CCCc2ccc([N+](=O)[O-])cc2)CCNc2cc(=O)n(C)c(=O)n2C)cc1. The van der Waals surface area contributed by atoms with Crippen molar-refractivity contribution in [2.45, 2.75) is 19.4 Å². The van der Waals surface area contributed by atoms with E-state index in [-0.39, 0.29) is 16.9 Å². The van der Waals surface area contributed by atoms with Crippen LogP contribution in [0.15, 0.2) is 64.2 Å². The minimum absolute atomic E-state index is 0.0890. The molecule has 0 aliphatic rings. The number of ether oxygens (including phenoxy) is 1. The van der Waals surface area contributed by atoms with E-state index in [1.807, 2.05) is 24.3 Å². The van der Waals surface area contributed by atoms with Crippen LogP contribution in [0, 0.1) is 10.1 Å².